The van der Waals surface area contributed by atoms with E-state index in [2.05, 4.69) is 4.90 Å². The van der Waals surface area contributed by atoms with Crippen LogP contribution in [-0.4, -0.2) is 61.0 Å². The summed E-state index contributed by atoms with van der Waals surface area (Å²) in [5, 5.41) is 10.8. The second kappa shape index (κ2) is 14.5. The number of rotatable bonds is 14. The van der Waals surface area contributed by atoms with E-state index in [0.717, 1.165) is 48.2 Å². The highest BCUT2D eigenvalue weighted by molar-refractivity contribution is 5.69. The summed E-state index contributed by atoms with van der Waals surface area (Å²) in [6.45, 7) is 10.0. The van der Waals surface area contributed by atoms with E-state index in [1.807, 2.05) is 44.2 Å². The second-order valence-corrected chi connectivity index (χ2v) is 9.81. The molecule has 2 aromatic rings. The molecule has 0 unspecified atom stereocenters. The summed E-state index contributed by atoms with van der Waals surface area (Å²) in [6.07, 6.45) is 2.80. The number of hydrogen-bond donors (Lipinski definition) is 1. The Labute approximate surface area is 220 Å². The first-order valence-electron chi connectivity index (χ1n) is 13.5. The van der Waals surface area contributed by atoms with Crippen LogP contribution < -0.4 is 4.74 Å². The van der Waals surface area contributed by atoms with Crippen molar-refractivity contribution in [1.82, 2.24) is 4.90 Å². The van der Waals surface area contributed by atoms with Crippen molar-refractivity contribution in [2.45, 2.75) is 78.0 Å². The number of aliphatic hydroxyl groups excluding tert-OH is 1. The molecule has 37 heavy (non-hydrogen) atoms. The number of aryl methyl sites for hydroxylation is 2. The van der Waals surface area contributed by atoms with Crippen LogP contribution in [0.2, 0.25) is 0 Å². The van der Waals surface area contributed by atoms with Gasteiger partial charge in [0, 0.05) is 19.0 Å². The van der Waals surface area contributed by atoms with E-state index in [-0.39, 0.29) is 30.5 Å². The number of nitrogens with zero attached hydrogens (tertiary/aromatic N) is 1. The van der Waals surface area contributed by atoms with E-state index in [4.69, 9.17) is 14.2 Å². The molecule has 7 heteroatoms. The topological polar surface area (TPSA) is 68.2 Å². The van der Waals surface area contributed by atoms with Gasteiger partial charge in [0.05, 0.1) is 32.0 Å². The lowest BCUT2D eigenvalue weighted by Crippen LogP contribution is -2.39. The van der Waals surface area contributed by atoms with E-state index in [0.29, 0.717) is 38.2 Å². The lowest BCUT2D eigenvalue weighted by atomic mass is 9.98. The lowest BCUT2D eigenvalue weighted by Gasteiger charge is -2.28. The fraction of sp³-hybridized carbons (Fsp3) is 0.567. The summed E-state index contributed by atoms with van der Waals surface area (Å²) in [5.74, 6) is 0.361. The average molecular weight is 516 g/mol. The van der Waals surface area contributed by atoms with Crippen LogP contribution >= 0.6 is 0 Å². The largest absolute Gasteiger partial charge is 0.494 e. The highest BCUT2D eigenvalue weighted by Gasteiger charge is 2.27. The van der Waals surface area contributed by atoms with Crippen LogP contribution in [0.25, 0.3) is 0 Å². The van der Waals surface area contributed by atoms with Gasteiger partial charge in [-0.15, -0.1) is 0 Å². The molecule has 0 bridgehead atoms. The molecule has 1 fully saturated rings. The number of aliphatic hydroxyl groups is 1. The van der Waals surface area contributed by atoms with Crippen LogP contribution in [0.4, 0.5) is 4.39 Å². The highest BCUT2D eigenvalue weighted by atomic mass is 19.1. The third-order valence-electron chi connectivity index (χ3n) is 6.96. The quantitative estimate of drug-likeness (QED) is 0.350. The van der Waals surface area contributed by atoms with Crippen LogP contribution in [0.1, 0.15) is 68.4 Å². The van der Waals surface area contributed by atoms with Gasteiger partial charge in [-0.2, -0.15) is 0 Å². The van der Waals surface area contributed by atoms with Crippen LogP contribution in [0.5, 0.6) is 5.75 Å². The van der Waals surface area contributed by atoms with Crippen molar-refractivity contribution in [2.75, 3.05) is 32.9 Å². The number of benzene rings is 2. The number of halogens is 1. The molecule has 1 aliphatic heterocycles. The predicted octanol–water partition coefficient (Wildman–Crippen LogP) is 5.17. The van der Waals surface area contributed by atoms with Gasteiger partial charge >= 0.3 is 5.97 Å². The van der Waals surface area contributed by atoms with Gasteiger partial charge in [0.2, 0.25) is 0 Å². The fourth-order valence-electron chi connectivity index (χ4n) is 4.98. The molecule has 0 aromatic heterocycles. The number of ether oxygens (including phenoxy) is 3. The predicted molar refractivity (Wildman–Crippen MR) is 142 cm³/mol. The zero-order valence-electron chi connectivity index (χ0n) is 22.7. The van der Waals surface area contributed by atoms with E-state index in [9.17, 15) is 14.3 Å². The second-order valence-electron chi connectivity index (χ2n) is 9.81. The van der Waals surface area contributed by atoms with Crippen LogP contribution in [0.3, 0.4) is 0 Å². The molecule has 204 valence electrons. The minimum absolute atomic E-state index is 0.167. The first-order chi connectivity index (χ1) is 17.8. The van der Waals surface area contributed by atoms with Gasteiger partial charge < -0.3 is 19.3 Å². The molecule has 1 aliphatic rings. The smallest absolute Gasteiger partial charge is 0.306 e. The van der Waals surface area contributed by atoms with Gasteiger partial charge in [-0.05, 0) is 100 Å². The maximum atomic E-state index is 14.0. The van der Waals surface area contributed by atoms with Gasteiger partial charge in [-0.3, -0.25) is 9.69 Å². The summed E-state index contributed by atoms with van der Waals surface area (Å²) in [7, 11) is 0. The van der Waals surface area contributed by atoms with Crippen LogP contribution in [-0.2, 0) is 27.1 Å². The monoisotopic (exact) mass is 515 g/mol. The van der Waals surface area contributed by atoms with Crippen molar-refractivity contribution in [3.05, 3.63) is 64.5 Å². The SMILES string of the molecule is CCOC(=O)CCc1ccc(OCC)cc1[C@@H](C)OC[C@H](O)CN1CCC[C@H]1Cc1ccc(C)c(F)c1. The molecule has 3 rings (SSSR count). The first kappa shape index (κ1) is 29.1. The van der Waals surface area contributed by atoms with Gasteiger partial charge in [0.1, 0.15) is 11.6 Å². The van der Waals surface area contributed by atoms with Crippen molar-refractivity contribution < 1.29 is 28.5 Å². The van der Waals surface area contributed by atoms with Crippen LogP contribution in [0.15, 0.2) is 36.4 Å². The minimum Gasteiger partial charge on any atom is -0.494 e. The van der Waals surface area contributed by atoms with E-state index in [1.54, 1.807) is 19.9 Å². The van der Waals surface area contributed by atoms with Crippen molar-refractivity contribution in [3.8, 4) is 5.75 Å². The zero-order chi connectivity index (χ0) is 26.8. The number of hydrogen-bond acceptors (Lipinski definition) is 6. The van der Waals surface area contributed by atoms with Gasteiger partial charge in [0.25, 0.3) is 0 Å². The van der Waals surface area contributed by atoms with E-state index in [1.165, 1.54) is 0 Å². The molecular weight excluding hydrogens is 473 g/mol. The number of β-amino-alcohol motifs (C(OH)–C–C–N with tert-alkyl or cyclic N) is 1. The summed E-state index contributed by atoms with van der Waals surface area (Å²) in [6, 6.07) is 11.6. The van der Waals surface area contributed by atoms with Gasteiger partial charge in [0.15, 0.2) is 0 Å². The minimum atomic E-state index is -0.643. The Hall–Kier alpha value is -2.48. The van der Waals surface area contributed by atoms with Crippen molar-refractivity contribution in [1.29, 1.82) is 0 Å². The zero-order valence-corrected chi connectivity index (χ0v) is 22.7. The summed E-state index contributed by atoms with van der Waals surface area (Å²) < 4.78 is 30.9. The summed E-state index contributed by atoms with van der Waals surface area (Å²) >= 11 is 0. The van der Waals surface area contributed by atoms with Gasteiger partial charge in [-0.1, -0.05) is 18.2 Å². The van der Waals surface area contributed by atoms with E-state index < -0.39 is 6.10 Å². The number of esters is 1. The third-order valence-corrected chi connectivity index (χ3v) is 6.96. The van der Waals surface area contributed by atoms with Crippen molar-refractivity contribution in [3.63, 3.8) is 0 Å². The molecule has 0 amide bonds. The molecule has 0 saturated carbocycles. The van der Waals surface area contributed by atoms with Crippen molar-refractivity contribution in [2.24, 2.45) is 0 Å². The fourth-order valence-corrected chi connectivity index (χ4v) is 4.98. The number of carbonyl (C=O) groups is 1. The first-order valence-corrected chi connectivity index (χ1v) is 13.5. The Morgan fingerprint density at radius 3 is 2.73 bits per heavy atom. The molecule has 0 aliphatic carbocycles. The molecule has 1 saturated heterocycles. The molecule has 2 aromatic carbocycles. The Kier molecular flexibility index (Phi) is 11.4. The number of likely N-dealkylation sites (tertiary alicyclic amines) is 1. The molecule has 0 radical (unpaired) electrons. The Morgan fingerprint density at radius 1 is 1.19 bits per heavy atom. The molecule has 3 atom stereocenters. The summed E-state index contributed by atoms with van der Waals surface area (Å²) in [5.41, 5.74) is 3.60. The Morgan fingerprint density at radius 2 is 2.00 bits per heavy atom. The molecule has 1 heterocycles. The normalized spacial score (nSPS) is 17.5. The molecule has 6 nitrogen and oxygen atoms in total. The maximum absolute atomic E-state index is 14.0. The van der Waals surface area contributed by atoms with E-state index >= 15 is 0 Å². The van der Waals surface area contributed by atoms with Crippen molar-refractivity contribution >= 4 is 5.97 Å². The molecular formula is C30H42FNO5. The average Bonchev–Trinajstić information content (AvgIpc) is 3.30. The maximum Gasteiger partial charge on any atom is 0.306 e. The third kappa shape index (κ3) is 8.80. The van der Waals surface area contributed by atoms with Crippen LogP contribution in [0, 0.1) is 12.7 Å². The molecule has 1 N–H and O–H groups in total. The number of carbonyl (C=O) groups excluding carboxylic acids is 1. The van der Waals surface area contributed by atoms with Gasteiger partial charge in [-0.25, -0.2) is 4.39 Å². The lowest BCUT2D eigenvalue weighted by molar-refractivity contribution is -0.143. The molecule has 0 spiro atoms. The highest BCUT2D eigenvalue weighted by Crippen LogP contribution is 2.28. The Balaban J connectivity index is 1.57. The standard InChI is InChI=1S/C30H42FNO5/c1-5-35-27-13-11-24(12-14-30(34)36-6-2)28(18-27)22(4)37-20-26(33)19-32-15-7-8-25(32)16-23-10-9-21(3)29(31)17-23/h9-11,13,17-18,22,25-26,33H,5-8,12,14-16,19-20H2,1-4H3/t22-,25+,26-/m1/s1. The summed E-state index contributed by atoms with van der Waals surface area (Å²) in [4.78, 5) is 14.2. The Bertz CT molecular complexity index is 1010.